The molecule has 2 unspecified atom stereocenters. The minimum Gasteiger partial charge on any atom is -0.387 e. The van der Waals surface area contributed by atoms with Crippen molar-refractivity contribution < 1.29 is 5.11 Å². The van der Waals surface area contributed by atoms with Crippen LogP contribution in [0.1, 0.15) is 57.8 Å². The summed E-state index contributed by atoms with van der Waals surface area (Å²) >= 11 is 0. The molecular formula is C16H23NO. The van der Waals surface area contributed by atoms with Crippen LogP contribution in [0.25, 0.3) is 0 Å². The molecule has 0 heterocycles. The van der Waals surface area contributed by atoms with Crippen molar-refractivity contribution in [2.75, 3.05) is 0 Å². The van der Waals surface area contributed by atoms with Crippen LogP contribution in [0.5, 0.6) is 0 Å². The van der Waals surface area contributed by atoms with Crippen molar-refractivity contribution in [1.29, 1.82) is 5.26 Å². The monoisotopic (exact) mass is 245 g/mol. The lowest BCUT2D eigenvalue weighted by atomic mass is 9.85. The number of benzene rings is 1. The topological polar surface area (TPSA) is 44.0 Å². The van der Waals surface area contributed by atoms with E-state index in [-0.39, 0.29) is 11.3 Å². The molecule has 0 fully saturated rings. The molecule has 98 valence electrons. The maximum Gasteiger partial charge on any atom is 0.0948 e. The highest BCUT2D eigenvalue weighted by atomic mass is 16.3. The van der Waals surface area contributed by atoms with Gasteiger partial charge in [-0.1, -0.05) is 58.4 Å². The summed E-state index contributed by atoms with van der Waals surface area (Å²) in [5.74, 6) is -0.310. The van der Waals surface area contributed by atoms with E-state index in [9.17, 15) is 5.11 Å². The SMILES string of the molecule is CCCC(C#N)C(O)c1ccc(C(C)(C)C)cc1. The number of nitriles is 1. The first-order chi connectivity index (χ1) is 8.40. The maximum atomic E-state index is 10.2. The van der Waals surface area contributed by atoms with Crippen LogP contribution in [0.4, 0.5) is 0 Å². The molecule has 0 bridgehead atoms. The molecule has 0 radical (unpaired) electrons. The highest BCUT2D eigenvalue weighted by Gasteiger charge is 2.20. The van der Waals surface area contributed by atoms with Crippen molar-refractivity contribution in [2.24, 2.45) is 5.92 Å². The fourth-order valence-corrected chi connectivity index (χ4v) is 2.02. The van der Waals surface area contributed by atoms with Gasteiger partial charge >= 0.3 is 0 Å². The minimum atomic E-state index is -0.677. The molecule has 2 atom stereocenters. The van der Waals surface area contributed by atoms with Gasteiger partial charge in [0, 0.05) is 0 Å². The van der Waals surface area contributed by atoms with E-state index in [1.807, 2.05) is 31.2 Å². The predicted molar refractivity (Wildman–Crippen MR) is 74.1 cm³/mol. The lowest BCUT2D eigenvalue weighted by Crippen LogP contribution is -2.13. The maximum absolute atomic E-state index is 10.2. The van der Waals surface area contributed by atoms with E-state index in [2.05, 4.69) is 26.8 Å². The first-order valence-electron chi connectivity index (χ1n) is 6.58. The molecule has 0 aliphatic carbocycles. The van der Waals surface area contributed by atoms with E-state index in [4.69, 9.17) is 5.26 Å². The molecule has 0 aliphatic heterocycles. The van der Waals surface area contributed by atoms with Gasteiger partial charge in [-0.2, -0.15) is 5.26 Å². The summed E-state index contributed by atoms with van der Waals surface area (Å²) in [7, 11) is 0. The second-order valence-corrected chi connectivity index (χ2v) is 5.84. The molecule has 0 aromatic heterocycles. The lowest BCUT2D eigenvalue weighted by molar-refractivity contribution is 0.130. The summed E-state index contributed by atoms with van der Waals surface area (Å²) in [6.45, 7) is 8.51. The Labute approximate surface area is 110 Å². The fraction of sp³-hybridized carbons (Fsp3) is 0.562. The molecular weight excluding hydrogens is 222 g/mol. The number of aliphatic hydroxyl groups excluding tert-OH is 1. The Balaban J connectivity index is 2.88. The fourth-order valence-electron chi connectivity index (χ4n) is 2.02. The smallest absolute Gasteiger partial charge is 0.0948 e. The molecule has 1 N–H and O–H groups in total. The molecule has 1 aromatic carbocycles. The van der Waals surface area contributed by atoms with Gasteiger partial charge < -0.3 is 5.11 Å². The van der Waals surface area contributed by atoms with E-state index in [1.165, 1.54) is 5.56 Å². The summed E-state index contributed by atoms with van der Waals surface area (Å²) in [5, 5.41) is 19.2. The molecule has 0 aliphatic rings. The van der Waals surface area contributed by atoms with Gasteiger partial charge in [-0.05, 0) is 23.0 Å². The standard InChI is InChI=1S/C16H23NO/c1-5-6-13(11-17)15(18)12-7-9-14(10-8-12)16(2,3)4/h7-10,13,15,18H,5-6H2,1-4H3. The third-order valence-electron chi connectivity index (χ3n) is 3.26. The third kappa shape index (κ3) is 3.58. The molecule has 0 saturated carbocycles. The molecule has 0 amide bonds. The highest BCUT2D eigenvalue weighted by Crippen LogP contribution is 2.28. The van der Waals surface area contributed by atoms with Gasteiger partial charge in [-0.3, -0.25) is 0 Å². The Morgan fingerprint density at radius 2 is 1.78 bits per heavy atom. The van der Waals surface area contributed by atoms with Crippen LogP contribution in [0.2, 0.25) is 0 Å². The van der Waals surface area contributed by atoms with Crippen molar-refractivity contribution in [1.82, 2.24) is 0 Å². The highest BCUT2D eigenvalue weighted by molar-refractivity contribution is 5.29. The average molecular weight is 245 g/mol. The summed E-state index contributed by atoms with van der Waals surface area (Å²) in [6, 6.07) is 10.1. The minimum absolute atomic E-state index is 0.113. The van der Waals surface area contributed by atoms with Gasteiger partial charge in [-0.15, -0.1) is 0 Å². The second kappa shape index (κ2) is 6.02. The Hall–Kier alpha value is -1.33. The largest absolute Gasteiger partial charge is 0.387 e. The molecule has 0 spiro atoms. The summed E-state index contributed by atoms with van der Waals surface area (Å²) in [6.07, 6.45) is 0.970. The summed E-state index contributed by atoms with van der Waals surface area (Å²) in [5.41, 5.74) is 2.19. The van der Waals surface area contributed by atoms with E-state index in [0.29, 0.717) is 0 Å². The second-order valence-electron chi connectivity index (χ2n) is 5.84. The van der Waals surface area contributed by atoms with Gasteiger partial charge in [-0.25, -0.2) is 0 Å². The van der Waals surface area contributed by atoms with E-state index < -0.39 is 6.10 Å². The van der Waals surface area contributed by atoms with Gasteiger partial charge in [0.15, 0.2) is 0 Å². The number of hydrogen-bond acceptors (Lipinski definition) is 2. The zero-order valence-corrected chi connectivity index (χ0v) is 11.8. The van der Waals surface area contributed by atoms with Crippen LogP contribution in [-0.2, 0) is 5.41 Å². The Kier molecular flexibility index (Phi) is 4.93. The Morgan fingerprint density at radius 1 is 1.22 bits per heavy atom. The number of aliphatic hydroxyl groups is 1. The van der Waals surface area contributed by atoms with Crippen molar-refractivity contribution in [3.8, 4) is 6.07 Å². The molecule has 0 saturated heterocycles. The van der Waals surface area contributed by atoms with Crippen LogP contribution in [0.3, 0.4) is 0 Å². The average Bonchev–Trinajstić information content (AvgIpc) is 2.34. The molecule has 2 heteroatoms. The van der Waals surface area contributed by atoms with Gasteiger partial charge in [0.2, 0.25) is 0 Å². The Morgan fingerprint density at radius 3 is 2.17 bits per heavy atom. The normalized spacial score (nSPS) is 14.9. The zero-order chi connectivity index (χ0) is 13.8. The number of nitrogens with zero attached hydrogens (tertiary/aromatic N) is 1. The quantitative estimate of drug-likeness (QED) is 0.872. The first kappa shape index (κ1) is 14.7. The van der Waals surface area contributed by atoms with Gasteiger partial charge in [0.05, 0.1) is 18.1 Å². The van der Waals surface area contributed by atoms with Crippen LogP contribution < -0.4 is 0 Å². The first-order valence-corrected chi connectivity index (χ1v) is 6.58. The van der Waals surface area contributed by atoms with Crippen molar-refractivity contribution >= 4 is 0 Å². The van der Waals surface area contributed by atoms with Crippen molar-refractivity contribution in [2.45, 2.75) is 52.1 Å². The van der Waals surface area contributed by atoms with Crippen LogP contribution >= 0.6 is 0 Å². The number of rotatable bonds is 4. The number of hydrogen-bond donors (Lipinski definition) is 1. The van der Waals surface area contributed by atoms with E-state index >= 15 is 0 Å². The molecule has 18 heavy (non-hydrogen) atoms. The van der Waals surface area contributed by atoms with Gasteiger partial charge in [0.1, 0.15) is 0 Å². The predicted octanol–water partition coefficient (Wildman–Crippen LogP) is 3.96. The molecule has 1 rings (SSSR count). The van der Waals surface area contributed by atoms with Crippen LogP contribution in [0.15, 0.2) is 24.3 Å². The van der Waals surface area contributed by atoms with E-state index in [0.717, 1.165) is 18.4 Å². The molecule has 1 aromatic rings. The van der Waals surface area contributed by atoms with Crippen molar-refractivity contribution in [3.63, 3.8) is 0 Å². The Bertz CT molecular complexity index is 408. The van der Waals surface area contributed by atoms with Crippen LogP contribution in [0, 0.1) is 17.2 Å². The zero-order valence-electron chi connectivity index (χ0n) is 11.8. The molecule has 2 nitrogen and oxygen atoms in total. The van der Waals surface area contributed by atoms with Gasteiger partial charge in [0.25, 0.3) is 0 Å². The van der Waals surface area contributed by atoms with Crippen molar-refractivity contribution in [3.05, 3.63) is 35.4 Å². The summed E-state index contributed by atoms with van der Waals surface area (Å²) < 4.78 is 0. The summed E-state index contributed by atoms with van der Waals surface area (Å²) in [4.78, 5) is 0. The van der Waals surface area contributed by atoms with E-state index in [1.54, 1.807) is 0 Å². The van der Waals surface area contributed by atoms with Crippen LogP contribution in [-0.4, -0.2) is 5.11 Å². The third-order valence-corrected chi connectivity index (χ3v) is 3.26. The lowest BCUT2D eigenvalue weighted by Gasteiger charge is -2.21.